The van der Waals surface area contributed by atoms with E-state index < -0.39 is 0 Å². The average Bonchev–Trinajstić information content (AvgIpc) is 3.35. The van der Waals surface area contributed by atoms with Crippen LogP contribution in [-0.2, 0) is 27.1 Å². The van der Waals surface area contributed by atoms with Crippen molar-refractivity contribution in [1.82, 2.24) is 10.0 Å². The highest BCUT2D eigenvalue weighted by molar-refractivity contribution is 5.79. The van der Waals surface area contributed by atoms with Crippen LogP contribution in [0.5, 0.6) is 0 Å². The van der Waals surface area contributed by atoms with Gasteiger partial charge in [-0.05, 0) is 25.0 Å². The van der Waals surface area contributed by atoms with Gasteiger partial charge in [-0.2, -0.15) is 0 Å². The topological polar surface area (TPSA) is 58.9 Å². The Morgan fingerprint density at radius 1 is 0.724 bits per heavy atom. The fraction of sp³-hybridized carbons (Fsp3) is 0.364. The summed E-state index contributed by atoms with van der Waals surface area (Å²) in [5.41, 5.74) is 4.85. The number of aryl methyl sites for hydroxylation is 2. The Morgan fingerprint density at radius 2 is 1.14 bits per heavy atom. The molecule has 0 saturated carbocycles. The molecule has 0 spiro atoms. The van der Waals surface area contributed by atoms with Gasteiger partial charge >= 0.3 is 0 Å². The molecule has 7 heteroatoms. The number of hydrogen-bond acceptors (Lipinski definition) is 7. The first-order chi connectivity index (χ1) is 14.1. The Morgan fingerprint density at radius 3 is 1.55 bits per heavy atom. The summed E-state index contributed by atoms with van der Waals surface area (Å²) in [5, 5.41) is 12.5. The van der Waals surface area contributed by atoms with Crippen LogP contribution in [-0.4, -0.2) is 48.7 Å². The molecule has 2 aliphatic rings. The van der Waals surface area contributed by atoms with E-state index in [9.17, 15) is 0 Å². The zero-order valence-electron chi connectivity index (χ0n) is 16.9. The van der Waals surface area contributed by atoms with E-state index in [1.807, 2.05) is 0 Å². The van der Waals surface area contributed by atoms with Crippen molar-refractivity contribution in [1.29, 1.82) is 0 Å². The largest absolute Gasteiger partial charge is 0.456 e. The molecular weight excluding hydrogens is 368 g/mol. The van der Waals surface area contributed by atoms with Crippen molar-refractivity contribution in [3.05, 3.63) is 70.8 Å². The van der Waals surface area contributed by atoms with Gasteiger partial charge < -0.3 is 14.2 Å². The van der Waals surface area contributed by atoms with Gasteiger partial charge in [-0.25, -0.2) is 10.0 Å². The monoisotopic (exact) mass is 394 g/mol. The number of ether oxygens (including phenoxy) is 3. The van der Waals surface area contributed by atoms with E-state index in [0.29, 0.717) is 51.6 Å². The standard InChI is InChI=1S/C22H26N4O3/c1-17-3-7-19(8-4-17)11-21-23-25(15-28-21)13-27-14-26-16-29-22(24-26)12-20-9-5-18(2)6-10-20/h3-10H,11-16H2,1-2H3. The summed E-state index contributed by atoms with van der Waals surface area (Å²) in [6.45, 7) is 5.65. The molecule has 0 N–H and O–H groups in total. The second-order valence-electron chi connectivity index (χ2n) is 7.33. The summed E-state index contributed by atoms with van der Waals surface area (Å²) in [6.07, 6.45) is 1.37. The van der Waals surface area contributed by atoms with Crippen molar-refractivity contribution in [2.24, 2.45) is 10.2 Å². The molecule has 0 saturated heterocycles. The van der Waals surface area contributed by atoms with Crippen LogP contribution in [0.3, 0.4) is 0 Å². The lowest BCUT2D eigenvalue weighted by atomic mass is 10.1. The summed E-state index contributed by atoms with van der Waals surface area (Å²) in [5.74, 6) is 1.42. The van der Waals surface area contributed by atoms with Crippen molar-refractivity contribution in [3.63, 3.8) is 0 Å². The number of hydrogen-bond donors (Lipinski definition) is 0. The van der Waals surface area contributed by atoms with E-state index in [4.69, 9.17) is 14.2 Å². The number of benzene rings is 2. The second-order valence-corrected chi connectivity index (χ2v) is 7.33. The van der Waals surface area contributed by atoms with Crippen molar-refractivity contribution >= 4 is 11.8 Å². The lowest BCUT2D eigenvalue weighted by molar-refractivity contribution is -0.0503. The SMILES string of the molecule is Cc1ccc(CC2=NN(COCN3COC(Cc4ccc(C)cc4)=N3)CO2)cc1. The number of rotatable bonds is 8. The van der Waals surface area contributed by atoms with Gasteiger partial charge in [0.15, 0.2) is 13.5 Å². The number of hydrazone groups is 2. The van der Waals surface area contributed by atoms with Gasteiger partial charge in [-0.3, -0.25) is 0 Å². The Labute approximate surface area is 171 Å². The van der Waals surface area contributed by atoms with Crippen LogP contribution in [0.1, 0.15) is 22.3 Å². The molecule has 0 aliphatic carbocycles. The molecular formula is C22H26N4O3. The molecule has 0 bridgehead atoms. The van der Waals surface area contributed by atoms with Crippen LogP contribution in [0.15, 0.2) is 58.7 Å². The predicted octanol–water partition coefficient (Wildman–Crippen LogP) is 3.23. The summed E-state index contributed by atoms with van der Waals surface area (Å²) in [6, 6.07) is 16.8. The summed E-state index contributed by atoms with van der Waals surface area (Å²) in [4.78, 5) is 0. The van der Waals surface area contributed by atoms with Crippen molar-refractivity contribution in [2.45, 2.75) is 26.7 Å². The molecule has 0 fully saturated rings. The van der Waals surface area contributed by atoms with E-state index in [0.717, 1.165) is 0 Å². The Balaban J connectivity index is 1.19. The summed E-state index contributed by atoms with van der Waals surface area (Å²) < 4.78 is 17.0. The molecule has 0 radical (unpaired) electrons. The highest BCUT2D eigenvalue weighted by Crippen LogP contribution is 2.12. The lowest BCUT2D eigenvalue weighted by Crippen LogP contribution is -2.25. The molecule has 2 aliphatic heterocycles. The molecule has 2 aromatic carbocycles. The minimum atomic E-state index is 0.344. The maximum Gasteiger partial charge on any atom is 0.212 e. The van der Waals surface area contributed by atoms with Crippen molar-refractivity contribution < 1.29 is 14.2 Å². The van der Waals surface area contributed by atoms with E-state index in [-0.39, 0.29) is 0 Å². The van der Waals surface area contributed by atoms with E-state index in [1.54, 1.807) is 10.0 Å². The minimum absolute atomic E-state index is 0.344. The van der Waals surface area contributed by atoms with Crippen molar-refractivity contribution in [3.8, 4) is 0 Å². The van der Waals surface area contributed by atoms with Gasteiger partial charge in [-0.15, -0.1) is 10.2 Å². The zero-order chi connectivity index (χ0) is 20.1. The van der Waals surface area contributed by atoms with Gasteiger partial charge in [0.05, 0.1) is 12.8 Å². The van der Waals surface area contributed by atoms with Gasteiger partial charge in [0.1, 0.15) is 13.5 Å². The smallest absolute Gasteiger partial charge is 0.212 e. The van der Waals surface area contributed by atoms with E-state index in [2.05, 4.69) is 72.6 Å². The fourth-order valence-electron chi connectivity index (χ4n) is 3.05. The quantitative estimate of drug-likeness (QED) is 0.688. The third kappa shape index (κ3) is 5.48. The minimum Gasteiger partial charge on any atom is -0.456 e. The van der Waals surface area contributed by atoms with Gasteiger partial charge in [0.25, 0.3) is 0 Å². The zero-order valence-corrected chi connectivity index (χ0v) is 16.9. The normalized spacial score (nSPS) is 15.8. The van der Waals surface area contributed by atoms with Crippen LogP contribution in [0.2, 0.25) is 0 Å². The molecule has 2 aromatic rings. The van der Waals surface area contributed by atoms with Gasteiger partial charge in [0.2, 0.25) is 11.8 Å². The molecule has 0 aromatic heterocycles. The molecule has 0 unspecified atom stereocenters. The molecule has 0 atom stereocenters. The highest BCUT2D eigenvalue weighted by Gasteiger charge is 2.18. The third-order valence-electron chi connectivity index (χ3n) is 4.70. The summed E-state index contributed by atoms with van der Waals surface area (Å²) >= 11 is 0. The Bertz CT molecular complexity index is 804. The fourth-order valence-corrected chi connectivity index (χ4v) is 3.05. The molecule has 4 rings (SSSR count). The number of nitrogens with zero attached hydrogens (tertiary/aromatic N) is 4. The predicted molar refractivity (Wildman–Crippen MR) is 111 cm³/mol. The lowest BCUT2D eigenvalue weighted by Gasteiger charge is -2.15. The maximum absolute atomic E-state index is 5.71. The van der Waals surface area contributed by atoms with Crippen LogP contribution < -0.4 is 0 Å². The van der Waals surface area contributed by atoms with Gasteiger partial charge in [0, 0.05) is 0 Å². The van der Waals surface area contributed by atoms with Crippen LogP contribution >= 0.6 is 0 Å². The third-order valence-corrected chi connectivity index (χ3v) is 4.70. The van der Waals surface area contributed by atoms with Crippen molar-refractivity contribution in [2.75, 3.05) is 26.9 Å². The van der Waals surface area contributed by atoms with Gasteiger partial charge in [-0.1, -0.05) is 59.7 Å². The average molecular weight is 394 g/mol. The molecule has 29 heavy (non-hydrogen) atoms. The first-order valence-electron chi connectivity index (χ1n) is 9.73. The second kappa shape index (κ2) is 8.96. The maximum atomic E-state index is 5.71. The Hall–Kier alpha value is -3.06. The molecule has 7 nitrogen and oxygen atoms in total. The Kier molecular flexibility index (Phi) is 5.95. The van der Waals surface area contributed by atoms with Crippen LogP contribution in [0, 0.1) is 13.8 Å². The molecule has 152 valence electrons. The first kappa shape index (κ1) is 19.3. The molecule has 2 heterocycles. The van der Waals surface area contributed by atoms with Crippen LogP contribution in [0.4, 0.5) is 0 Å². The van der Waals surface area contributed by atoms with E-state index >= 15 is 0 Å². The van der Waals surface area contributed by atoms with E-state index in [1.165, 1.54) is 22.3 Å². The molecule has 0 amide bonds. The highest BCUT2D eigenvalue weighted by atomic mass is 16.6. The van der Waals surface area contributed by atoms with Crippen LogP contribution in [0.25, 0.3) is 0 Å². The summed E-state index contributed by atoms with van der Waals surface area (Å²) in [7, 11) is 0. The first-order valence-corrected chi connectivity index (χ1v) is 9.73.